The highest BCUT2D eigenvalue weighted by Crippen LogP contribution is 2.25. The first kappa shape index (κ1) is 14.4. The van der Waals surface area contributed by atoms with Crippen LogP contribution in [0.4, 0.5) is 0 Å². The van der Waals surface area contributed by atoms with E-state index in [2.05, 4.69) is 41.2 Å². The molecule has 114 valence electrons. The fourth-order valence-corrected chi connectivity index (χ4v) is 3.32. The third-order valence-electron chi connectivity index (χ3n) is 4.69. The van der Waals surface area contributed by atoms with Gasteiger partial charge in [-0.1, -0.05) is 54.8 Å². The van der Waals surface area contributed by atoms with Crippen LogP contribution in [0.3, 0.4) is 0 Å². The average molecular weight is 287 g/mol. The smallest absolute Gasteiger partial charge is 0.198 e. The van der Waals surface area contributed by atoms with Crippen LogP contribution in [0.25, 0.3) is 0 Å². The van der Waals surface area contributed by atoms with Gasteiger partial charge in [-0.2, -0.15) is 0 Å². The lowest BCUT2D eigenvalue weighted by molar-refractivity contribution is -0.0886. The molecule has 1 saturated carbocycles. The van der Waals surface area contributed by atoms with Crippen LogP contribution in [0.5, 0.6) is 0 Å². The molecule has 1 aromatic carbocycles. The fourth-order valence-electron chi connectivity index (χ4n) is 3.32. The van der Waals surface area contributed by atoms with Crippen molar-refractivity contribution in [3.8, 4) is 0 Å². The molecule has 21 heavy (non-hydrogen) atoms. The van der Waals surface area contributed by atoms with Crippen molar-refractivity contribution in [3.05, 3.63) is 35.9 Å². The Balaban J connectivity index is 1.68. The van der Waals surface area contributed by atoms with Crippen LogP contribution in [0.1, 0.15) is 37.7 Å². The second-order valence-corrected chi connectivity index (χ2v) is 6.18. The summed E-state index contributed by atoms with van der Waals surface area (Å²) in [5, 5.41) is 4.38. The minimum Gasteiger partial charge on any atom is -0.373 e. The van der Waals surface area contributed by atoms with Gasteiger partial charge in [-0.25, -0.2) is 0 Å². The fraction of sp³-hybridized carbons (Fsp3) is 0.588. The second kappa shape index (κ2) is 6.48. The molecule has 0 bridgehead atoms. The van der Waals surface area contributed by atoms with Crippen molar-refractivity contribution in [1.29, 1.82) is 0 Å². The zero-order valence-electron chi connectivity index (χ0n) is 13.0. The number of likely N-dealkylation sites (N-methyl/N-ethyl adjacent to an activating group) is 2. The summed E-state index contributed by atoms with van der Waals surface area (Å²) in [5.74, 6) is 0.920. The first-order valence-electron chi connectivity index (χ1n) is 7.98. The van der Waals surface area contributed by atoms with Gasteiger partial charge in [-0.05, 0) is 19.9 Å². The average Bonchev–Trinajstić information content (AvgIpc) is 2.55. The molecular formula is C17H25N3O. The van der Waals surface area contributed by atoms with Crippen LogP contribution in [0, 0.1) is 0 Å². The van der Waals surface area contributed by atoms with E-state index in [0.29, 0.717) is 6.04 Å². The van der Waals surface area contributed by atoms with Crippen LogP contribution in [-0.2, 0) is 4.84 Å². The molecule has 3 rings (SSSR count). The molecule has 2 aliphatic rings. The summed E-state index contributed by atoms with van der Waals surface area (Å²) in [5.41, 5.74) is 1.11. The topological polar surface area (TPSA) is 28.1 Å². The van der Waals surface area contributed by atoms with Gasteiger partial charge in [0.2, 0.25) is 0 Å². The maximum absolute atomic E-state index is 5.80. The number of benzene rings is 1. The maximum Gasteiger partial charge on any atom is 0.198 e. The van der Waals surface area contributed by atoms with E-state index >= 15 is 0 Å². The molecule has 0 spiro atoms. The molecule has 1 unspecified atom stereocenters. The predicted octanol–water partition coefficient (Wildman–Crippen LogP) is 2.90. The van der Waals surface area contributed by atoms with Crippen molar-refractivity contribution in [3.63, 3.8) is 0 Å². The maximum atomic E-state index is 5.80. The Morgan fingerprint density at radius 2 is 1.86 bits per heavy atom. The van der Waals surface area contributed by atoms with E-state index in [9.17, 15) is 0 Å². The van der Waals surface area contributed by atoms with Crippen LogP contribution in [0.2, 0.25) is 0 Å². The molecule has 4 heteroatoms. The van der Waals surface area contributed by atoms with Gasteiger partial charge in [-0.15, -0.1) is 0 Å². The Hall–Kier alpha value is -1.55. The highest BCUT2D eigenvalue weighted by Gasteiger charge is 2.30. The van der Waals surface area contributed by atoms with Crippen molar-refractivity contribution in [2.45, 2.75) is 44.4 Å². The highest BCUT2D eigenvalue weighted by atomic mass is 16.7. The molecule has 0 amide bonds. The third-order valence-corrected chi connectivity index (χ3v) is 4.69. The third kappa shape index (κ3) is 3.21. The zero-order valence-corrected chi connectivity index (χ0v) is 13.0. The number of hydrogen-bond donors (Lipinski definition) is 0. The summed E-state index contributed by atoms with van der Waals surface area (Å²) in [6, 6.07) is 10.9. The monoisotopic (exact) mass is 287 g/mol. The number of amidine groups is 1. The molecule has 0 aromatic heterocycles. The standard InChI is InChI=1S/C17H25N3O/c1-19-13-16(20(2)15-11-7-4-8-12-15)21-18-17(19)14-9-5-3-6-10-14/h3,5-6,9-10,15-16H,4,7-8,11-13H2,1-2H3. The molecule has 0 radical (unpaired) electrons. The minimum atomic E-state index is 0.0607. The Morgan fingerprint density at radius 1 is 1.14 bits per heavy atom. The summed E-state index contributed by atoms with van der Waals surface area (Å²) in [6.07, 6.45) is 6.70. The lowest BCUT2D eigenvalue weighted by Crippen LogP contribution is -2.51. The Morgan fingerprint density at radius 3 is 2.52 bits per heavy atom. The summed E-state index contributed by atoms with van der Waals surface area (Å²) in [4.78, 5) is 10.4. The minimum absolute atomic E-state index is 0.0607. The van der Waals surface area contributed by atoms with Crippen LogP contribution in [-0.4, -0.2) is 48.5 Å². The van der Waals surface area contributed by atoms with E-state index in [4.69, 9.17) is 4.84 Å². The van der Waals surface area contributed by atoms with Gasteiger partial charge < -0.3 is 9.74 Å². The van der Waals surface area contributed by atoms with Gasteiger partial charge in [0.1, 0.15) is 0 Å². The molecule has 0 saturated heterocycles. The van der Waals surface area contributed by atoms with E-state index in [1.54, 1.807) is 0 Å². The Labute approximate surface area is 127 Å². The van der Waals surface area contributed by atoms with E-state index < -0.39 is 0 Å². The number of hydrogen-bond acceptors (Lipinski definition) is 4. The number of nitrogens with zero attached hydrogens (tertiary/aromatic N) is 3. The van der Waals surface area contributed by atoms with E-state index in [-0.39, 0.29) is 6.23 Å². The Kier molecular flexibility index (Phi) is 4.44. The SMILES string of the molecule is CN1CC(N(C)C2CCCCC2)ON=C1c1ccccc1. The second-order valence-electron chi connectivity index (χ2n) is 6.18. The van der Waals surface area contributed by atoms with E-state index in [0.717, 1.165) is 17.9 Å². The number of oxime groups is 1. The van der Waals surface area contributed by atoms with E-state index in [1.165, 1.54) is 32.1 Å². The van der Waals surface area contributed by atoms with Crippen molar-refractivity contribution in [2.75, 3.05) is 20.6 Å². The molecule has 0 N–H and O–H groups in total. The predicted molar refractivity (Wildman–Crippen MR) is 85.1 cm³/mol. The largest absolute Gasteiger partial charge is 0.373 e. The molecule has 1 fully saturated rings. The molecule has 1 aliphatic heterocycles. The Bertz CT molecular complexity index is 482. The van der Waals surface area contributed by atoms with Gasteiger partial charge in [0.25, 0.3) is 0 Å². The normalized spacial score (nSPS) is 23.9. The van der Waals surface area contributed by atoms with Gasteiger partial charge >= 0.3 is 0 Å². The molecular weight excluding hydrogens is 262 g/mol. The lowest BCUT2D eigenvalue weighted by atomic mass is 9.94. The molecule has 1 aromatic rings. The van der Waals surface area contributed by atoms with Crippen molar-refractivity contribution >= 4 is 5.84 Å². The van der Waals surface area contributed by atoms with Crippen LogP contribution in [0.15, 0.2) is 35.5 Å². The van der Waals surface area contributed by atoms with Crippen molar-refractivity contribution in [2.24, 2.45) is 5.16 Å². The molecule has 1 heterocycles. The van der Waals surface area contributed by atoms with Crippen molar-refractivity contribution < 1.29 is 4.84 Å². The van der Waals surface area contributed by atoms with Gasteiger partial charge in [0.15, 0.2) is 12.1 Å². The molecule has 1 atom stereocenters. The lowest BCUT2D eigenvalue weighted by Gasteiger charge is -2.39. The first-order valence-corrected chi connectivity index (χ1v) is 7.98. The summed E-state index contributed by atoms with van der Waals surface area (Å²) >= 11 is 0. The van der Waals surface area contributed by atoms with E-state index in [1.807, 2.05) is 18.2 Å². The molecule has 1 aliphatic carbocycles. The summed E-state index contributed by atoms with van der Waals surface area (Å²) in [7, 11) is 4.27. The van der Waals surface area contributed by atoms with Crippen LogP contribution >= 0.6 is 0 Å². The summed E-state index contributed by atoms with van der Waals surface area (Å²) in [6.45, 7) is 0.862. The first-order chi connectivity index (χ1) is 10.3. The zero-order chi connectivity index (χ0) is 14.7. The van der Waals surface area contributed by atoms with Gasteiger partial charge in [0.05, 0.1) is 6.54 Å². The number of rotatable bonds is 3. The summed E-state index contributed by atoms with van der Waals surface area (Å²) < 4.78 is 0. The van der Waals surface area contributed by atoms with Crippen molar-refractivity contribution in [1.82, 2.24) is 9.80 Å². The van der Waals surface area contributed by atoms with Crippen LogP contribution < -0.4 is 0 Å². The van der Waals surface area contributed by atoms with Gasteiger partial charge in [0, 0.05) is 18.7 Å². The molecule has 4 nitrogen and oxygen atoms in total. The highest BCUT2D eigenvalue weighted by molar-refractivity contribution is 5.98. The quantitative estimate of drug-likeness (QED) is 0.855. The van der Waals surface area contributed by atoms with Gasteiger partial charge in [-0.3, -0.25) is 4.90 Å².